The van der Waals surface area contributed by atoms with Gasteiger partial charge in [-0.3, -0.25) is 9.63 Å². The van der Waals surface area contributed by atoms with E-state index in [1.54, 1.807) is 6.07 Å². The highest BCUT2D eigenvalue weighted by molar-refractivity contribution is 5.74. The molecule has 114 valence electrons. The Bertz CT molecular complexity index is 568. The zero-order chi connectivity index (χ0) is 15.2. The summed E-state index contributed by atoms with van der Waals surface area (Å²) in [5.41, 5.74) is -1.19. The van der Waals surface area contributed by atoms with E-state index in [4.69, 9.17) is 9.57 Å². The van der Waals surface area contributed by atoms with E-state index in [0.717, 1.165) is 5.06 Å². The van der Waals surface area contributed by atoms with Gasteiger partial charge in [0.05, 0.1) is 13.2 Å². The number of amides is 1. The summed E-state index contributed by atoms with van der Waals surface area (Å²) >= 11 is 0. The molecule has 4 nitrogen and oxygen atoms in total. The van der Waals surface area contributed by atoms with Gasteiger partial charge < -0.3 is 4.74 Å². The van der Waals surface area contributed by atoms with Crippen LogP contribution in [0.2, 0.25) is 0 Å². The maximum atomic E-state index is 14.2. The summed E-state index contributed by atoms with van der Waals surface area (Å²) in [6.45, 7) is 0.927. The van der Waals surface area contributed by atoms with Crippen LogP contribution in [0.1, 0.15) is 12.5 Å². The number of carbonyl (C=O) groups is 1. The smallest absolute Gasteiger partial charge is 0.264 e. The molecule has 2 fully saturated rings. The number of alkyl halides is 2. The van der Waals surface area contributed by atoms with Crippen LogP contribution in [-0.2, 0) is 19.9 Å². The van der Waals surface area contributed by atoms with Gasteiger partial charge in [0.2, 0.25) is 5.91 Å². The SMILES string of the molecule is CC(=O)N1OC[C@@H]2C(C(F)F)OC[C@@]21c1ccccc1F. The number of ether oxygens (including phenoxy) is 1. The van der Waals surface area contributed by atoms with Gasteiger partial charge in [-0.25, -0.2) is 18.2 Å². The Morgan fingerprint density at radius 2 is 2.14 bits per heavy atom. The van der Waals surface area contributed by atoms with Gasteiger partial charge in [0.1, 0.15) is 17.5 Å². The first-order valence-electron chi connectivity index (χ1n) is 6.57. The topological polar surface area (TPSA) is 38.8 Å². The van der Waals surface area contributed by atoms with Gasteiger partial charge in [-0.2, -0.15) is 0 Å². The molecule has 1 unspecified atom stereocenters. The molecule has 0 aliphatic carbocycles. The monoisotopic (exact) mass is 301 g/mol. The van der Waals surface area contributed by atoms with E-state index in [2.05, 4.69) is 0 Å². The van der Waals surface area contributed by atoms with Crippen LogP contribution in [0.25, 0.3) is 0 Å². The largest absolute Gasteiger partial charge is 0.369 e. The Labute approximate surface area is 119 Å². The molecule has 2 heterocycles. The van der Waals surface area contributed by atoms with Gasteiger partial charge in [-0.05, 0) is 6.07 Å². The summed E-state index contributed by atoms with van der Waals surface area (Å²) in [4.78, 5) is 17.1. The number of fused-ring (bicyclic) bond motifs is 1. The number of hydrogen-bond donors (Lipinski definition) is 0. The summed E-state index contributed by atoms with van der Waals surface area (Å²) in [7, 11) is 0. The molecular weight excluding hydrogens is 287 g/mol. The van der Waals surface area contributed by atoms with E-state index in [1.165, 1.54) is 25.1 Å². The van der Waals surface area contributed by atoms with Crippen LogP contribution in [0.5, 0.6) is 0 Å². The zero-order valence-electron chi connectivity index (χ0n) is 11.3. The van der Waals surface area contributed by atoms with Crippen LogP contribution in [-0.4, -0.2) is 36.7 Å². The van der Waals surface area contributed by atoms with E-state index < -0.39 is 35.7 Å². The highest BCUT2D eigenvalue weighted by Crippen LogP contribution is 2.50. The molecule has 7 heteroatoms. The first-order chi connectivity index (χ1) is 9.98. The lowest BCUT2D eigenvalue weighted by Crippen LogP contribution is -2.48. The Morgan fingerprint density at radius 1 is 1.43 bits per heavy atom. The normalized spacial score (nSPS) is 31.8. The highest BCUT2D eigenvalue weighted by atomic mass is 19.3. The first-order valence-corrected chi connectivity index (χ1v) is 6.57. The van der Waals surface area contributed by atoms with Crippen LogP contribution < -0.4 is 0 Å². The Morgan fingerprint density at radius 3 is 2.76 bits per heavy atom. The number of benzene rings is 1. The van der Waals surface area contributed by atoms with Gasteiger partial charge in [-0.1, -0.05) is 18.2 Å². The lowest BCUT2D eigenvalue weighted by atomic mass is 9.78. The molecular formula is C14H14F3NO3. The second-order valence-corrected chi connectivity index (χ2v) is 5.23. The van der Waals surface area contributed by atoms with Gasteiger partial charge in [0.15, 0.2) is 0 Å². The van der Waals surface area contributed by atoms with E-state index in [0.29, 0.717) is 0 Å². The second kappa shape index (κ2) is 4.99. The summed E-state index contributed by atoms with van der Waals surface area (Å²) in [6.07, 6.45) is -4.10. The number of hydroxylamine groups is 2. The second-order valence-electron chi connectivity index (χ2n) is 5.23. The predicted molar refractivity (Wildman–Crippen MR) is 65.8 cm³/mol. The molecule has 0 aromatic heterocycles. The highest BCUT2D eigenvalue weighted by Gasteiger charge is 2.63. The molecule has 0 N–H and O–H groups in total. The minimum Gasteiger partial charge on any atom is -0.369 e. The van der Waals surface area contributed by atoms with Crippen LogP contribution in [0.4, 0.5) is 13.2 Å². The van der Waals surface area contributed by atoms with Gasteiger partial charge in [0.25, 0.3) is 6.43 Å². The molecule has 2 saturated heterocycles. The fourth-order valence-electron chi connectivity index (χ4n) is 3.25. The molecule has 0 radical (unpaired) electrons. The van der Waals surface area contributed by atoms with Crippen molar-refractivity contribution < 1.29 is 27.5 Å². The average molecular weight is 301 g/mol. The molecule has 21 heavy (non-hydrogen) atoms. The first kappa shape index (κ1) is 14.3. The number of halogens is 3. The van der Waals surface area contributed by atoms with Crippen molar-refractivity contribution in [2.45, 2.75) is 25.0 Å². The van der Waals surface area contributed by atoms with Crippen LogP contribution >= 0.6 is 0 Å². The van der Waals surface area contributed by atoms with Crippen molar-refractivity contribution in [3.63, 3.8) is 0 Å². The molecule has 1 aromatic carbocycles. The van der Waals surface area contributed by atoms with Crippen molar-refractivity contribution in [2.75, 3.05) is 13.2 Å². The van der Waals surface area contributed by atoms with Crippen LogP contribution in [0.3, 0.4) is 0 Å². The van der Waals surface area contributed by atoms with Crippen molar-refractivity contribution in [2.24, 2.45) is 5.92 Å². The van der Waals surface area contributed by atoms with Crippen LogP contribution in [0.15, 0.2) is 24.3 Å². The third kappa shape index (κ3) is 1.95. The third-order valence-electron chi connectivity index (χ3n) is 4.13. The number of carbonyl (C=O) groups excluding carboxylic acids is 1. The Kier molecular flexibility index (Phi) is 3.41. The minimum absolute atomic E-state index is 0.108. The number of nitrogens with zero attached hydrogens (tertiary/aromatic N) is 1. The molecule has 3 atom stereocenters. The molecule has 0 bridgehead atoms. The third-order valence-corrected chi connectivity index (χ3v) is 4.13. The Balaban J connectivity index is 2.13. The molecule has 1 aromatic rings. The average Bonchev–Trinajstić information content (AvgIpc) is 2.95. The van der Waals surface area contributed by atoms with Crippen molar-refractivity contribution in [1.29, 1.82) is 0 Å². The number of rotatable bonds is 2. The minimum atomic E-state index is -2.72. The van der Waals surface area contributed by atoms with E-state index >= 15 is 0 Å². The Hall–Kier alpha value is -1.60. The van der Waals surface area contributed by atoms with Gasteiger partial charge >= 0.3 is 0 Å². The molecule has 0 spiro atoms. The van der Waals surface area contributed by atoms with Crippen molar-refractivity contribution >= 4 is 5.91 Å². The summed E-state index contributed by atoms with van der Waals surface area (Å²) in [5, 5.41) is 0.985. The zero-order valence-corrected chi connectivity index (χ0v) is 11.3. The quantitative estimate of drug-likeness (QED) is 0.839. The lowest BCUT2D eigenvalue weighted by Gasteiger charge is -2.34. The molecule has 0 saturated carbocycles. The van der Waals surface area contributed by atoms with E-state index in [-0.39, 0.29) is 18.8 Å². The van der Waals surface area contributed by atoms with Crippen molar-refractivity contribution in [1.82, 2.24) is 5.06 Å². The maximum absolute atomic E-state index is 14.2. The maximum Gasteiger partial charge on any atom is 0.264 e. The lowest BCUT2D eigenvalue weighted by molar-refractivity contribution is -0.194. The van der Waals surface area contributed by atoms with Gasteiger partial charge in [0, 0.05) is 18.4 Å². The standard InChI is InChI=1S/C14H14F3NO3/c1-8(19)18-14(9-4-2-3-5-11(9)15)7-20-12(13(16)17)10(14)6-21-18/h2-5,10,12-13H,6-7H2,1H3/t10-,12?,14-/m1/s1. The van der Waals surface area contributed by atoms with Crippen LogP contribution in [0, 0.1) is 11.7 Å². The predicted octanol–water partition coefficient (Wildman–Crippen LogP) is 2.09. The molecule has 2 aliphatic heterocycles. The molecule has 2 aliphatic rings. The van der Waals surface area contributed by atoms with E-state index in [9.17, 15) is 18.0 Å². The fourth-order valence-corrected chi connectivity index (χ4v) is 3.25. The summed E-state index contributed by atoms with van der Waals surface area (Å²) in [6, 6.07) is 5.80. The molecule has 3 rings (SSSR count). The van der Waals surface area contributed by atoms with Gasteiger partial charge in [-0.15, -0.1) is 0 Å². The molecule has 1 amide bonds. The van der Waals surface area contributed by atoms with Crippen molar-refractivity contribution in [3.8, 4) is 0 Å². The summed E-state index contributed by atoms with van der Waals surface area (Å²) < 4.78 is 45.6. The number of hydrogen-bond acceptors (Lipinski definition) is 3. The summed E-state index contributed by atoms with van der Waals surface area (Å²) in [5.74, 6) is -1.85. The fraction of sp³-hybridized carbons (Fsp3) is 0.500. The van der Waals surface area contributed by atoms with Crippen molar-refractivity contribution in [3.05, 3.63) is 35.6 Å². The van der Waals surface area contributed by atoms with E-state index in [1.807, 2.05) is 0 Å².